The second-order valence-corrected chi connectivity index (χ2v) is 6.48. The Bertz CT molecular complexity index is 254. The quantitative estimate of drug-likeness (QED) is 0.664. The molecule has 3 heteroatoms. The molecule has 0 amide bonds. The Balaban J connectivity index is 2.29. The summed E-state index contributed by atoms with van der Waals surface area (Å²) in [6.07, 6.45) is 5.74. The Morgan fingerprint density at radius 1 is 1.00 bits per heavy atom. The number of fused-ring (bicyclic) bond motifs is 1. The highest BCUT2D eigenvalue weighted by Crippen LogP contribution is 2.56. The molecule has 1 saturated heterocycles. The van der Waals surface area contributed by atoms with Crippen LogP contribution in [0.5, 0.6) is 0 Å². The lowest BCUT2D eigenvalue weighted by Gasteiger charge is -2.37. The summed E-state index contributed by atoms with van der Waals surface area (Å²) in [6.45, 7) is 11.1. The molecule has 2 nitrogen and oxygen atoms in total. The van der Waals surface area contributed by atoms with Gasteiger partial charge in [0.1, 0.15) is 0 Å². The van der Waals surface area contributed by atoms with Crippen molar-refractivity contribution in [1.82, 2.24) is 0 Å². The molecule has 0 spiro atoms. The molecule has 0 radical (unpaired) electrons. The average Bonchev–Trinajstić information content (AvgIpc) is 2.68. The first-order chi connectivity index (χ1) is 7.39. The van der Waals surface area contributed by atoms with E-state index in [0.29, 0.717) is 0 Å². The van der Waals surface area contributed by atoms with Crippen molar-refractivity contribution >= 4 is 7.12 Å². The van der Waals surface area contributed by atoms with Gasteiger partial charge in [0.25, 0.3) is 0 Å². The van der Waals surface area contributed by atoms with Gasteiger partial charge in [0.05, 0.1) is 11.2 Å². The Morgan fingerprint density at radius 3 is 1.75 bits per heavy atom. The van der Waals surface area contributed by atoms with E-state index in [1.807, 2.05) is 0 Å². The SMILES string of the molecule is CC[C@@]12CCC[C@]1(CC)OB(C(C)(C)C)O2. The van der Waals surface area contributed by atoms with E-state index in [2.05, 4.69) is 34.6 Å². The summed E-state index contributed by atoms with van der Waals surface area (Å²) in [6, 6.07) is 0. The molecule has 0 unspecified atom stereocenters. The van der Waals surface area contributed by atoms with Crippen LogP contribution in [0, 0.1) is 0 Å². The molecule has 1 aliphatic heterocycles. The topological polar surface area (TPSA) is 18.5 Å². The van der Waals surface area contributed by atoms with Crippen LogP contribution >= 0.6 is 0 Å². The molecule has 0 aromatic heterocycles. The van der Waals surface area contributed by atoms with Crippen LogP contribution in [-0.2, 0) is 9.31 Å². The first-order valence-electron chi connectivity index (χ1n) is 6.75. The molecule has 2 aliphatic rings. The highest BCUT2D eigenvalue weighted by Gasteiger charge is 2.64. The van der Waals surface area contributed by atoms with Gasteiger partial charge in [-0.15, -0.1) is 0 Å². The molecule has 2 atom stereocenters. The van der Waals surface area contributed by atoms with Gasteiger partial charge in [-0.25, -0.2) is 0 Å². The molecule has 0 aromatic rings. The lowest BCUT2D eigenvalue weighted by Crippen LogP contribution is -2.46. The van der Waals surface area contributed by atoms with Gasteiger partial charge in [0, 0.05) is 0 Å². The van der Waals surface area contributed by atoms with Crippen molar-refractivity contribution < 1.29 is 9.31 Å². The van der Waals surface area contributed by atoms with Crippen LogP contribution in [0.3, 0.4) is 0 Å². The fraction of sp³-hybridized carbons (Fsp3) is 1.00. The Hall–Kier alpha value is -0.0151. The van der Waals surface area contributed by atoms with Crippen molar-refractivity contribution in [2.75, 3.05) is 0 Å². The van der Waals surface area contributed by atoms with E-state index < -0.39 is 0 Å². The lowest BCUT2D eigenvalue weighted by molar-refractivity contribution is -0.0281. The van der Waals surface area contributed by atoms with E-state index in [4.69, 9.17) is 9.31 Å². The highest BCUT2D eigenvalue weighted by atomic mass is 16.7. The van der Waals surface area contributed by atoms with E-state index in [1.54, 1.807) is 0 Å². The zero-order valence-corrected chi connectivity index (χ0v) is 11.4. The summed E-state index contributed by atoms with van der Waals surface area (Å²) in [7, 11) is -0.0345. The number of rotatable bonds is 2. The van der Waals surface area contributed by atoms with E-state index in [-0.39, 0.29) is 23.6 Å². The van der Waals surface area contributed by atoms with Crippen molar-refractivity contribution in [3.05, 3.63) is 0 Å². The van der Waals surface area contributed by atoms with Gasteiger partial charge in [-0.1, -0.05) is 34.6 Å². The summed E-state index contributed by atoms with van der Waals surface area (Å²) < 4.78 is 12.7. The van der Waals surface area contributed by atoms with E-state index in [9.17, 15) is 0 Å². The Labute approximate surface area is 100 Å². The molecular formula is C13H25BO2. The molecule has 1 aliphatic carbocycles. The molecule has 92 valence electrons. The normalized spacial score (nSPS) is 39.2. The van der Waals surface area contributed by atoms with E-state index in [0.717, 1.165) is 12.8 Å². The standard InChI is InChI=1S/C13H25BO2/c1-6-12-9-8-10-13(12,7-2)16-14(15-12)11(3,4)5/h6-10H2,1-5H3/t12-,13+. The lowest BCUT2D eigenvalue weighted by atomic mass is 9.61. The molecular weight excluding hydrogens is 199 g/mol. The maximum Gasteiger partial charge on any atom is 0.463 e. The van der Waals surface area contributed by atoms with Crippen LogP contribution in [0.4, 0.5) is 0 Å². The van der Waals surface area contributed by atoms with Gasteiger partial charge in [0.2, 0.25) is 0 Å². The predicted octanol–water partition coefficient (Wildman–Crippen LogP) is 3.80. The van der Waals surface area contributed by atoms with Crippen molar-refractivity contribution in [1.29, 1.82) is 0 Å². The summed E-state index contributed by atoms with van der Waals surface area (Å²) >= 11 is 0. The minimum atomic E-state index is -0.0345. The Kier molecular flexibility index (Phi) is 2.91. The number of hydrogen-bond donors (Lipinski definition) is 0. The highest BCUT2D eigenvalue weighted by molar-refractivity contribution is 6.49. The molecule has 0 aromatic carbocycles. The summed E-state index contributed by atoms with van der Waals surface area (Å²) in [5.41, 5.74) is -0.000602. The van der Waals surface area contributed by atoms with Gasteiger partial charge < -0.3 is 9.31 Å². The fourth-order valence-corrected chi connectivity index (χ4v) is 3.40. The zero-order valence-electron chi connectivity index (χ0n) is 11.4. The maximum atomic E-state index is 6.36. The van der Waals surface area contributed by atoms with Gasteiger partial charge >= 0.3 is 7.12 Å². The van der Waals surface area contributed by atoms with Crippen LogP contribution in [0.2, 0.25) is 5.31 Å². The monoisotopic (exact) mass is 224 g/mol. The van der Waals surface area contributed by atoms with Crippen molar-refractivity contribution in [2.45, 2.75) is 83.2 Å². The number of hydrogen-bond acceptors (Lipinski definition) is 2. The average molecular weight is 224 g/mol. The predicted molar refractivity (Wildman–Crippen MR) is 67.5 cm³/mol. The molecule has 1 saturated carbocycles. The Morgan fingerprint density at radius 2 is 1.44 bits per heavy atom. The van der Waals surface area contributed by atoms with Gasteiger partial charge in [-0.05, 0) is 37.4 Å². The van der Waals surface area contributed by atoms with Crippen molar-refractivity contribution in [3.8, 4) is 0 Å². The van der Waals surface area contributed by atoms with Crippen molar-refractivity contribution in [3.63, 3.8) is 0 Å². The summed E-state index contributed by atoms with van der Waals surface area (Å²) in [5.74, 6) is 0. The van der Waals surface area contributed by atoms with Crippen LogP contribution in [0.15, 0.2) is 0 Å². The van der Waals surface area contributed by atoms with Crippen LogP contribution in [0.25, 0.3) is 0 Å². The molecule has 16 heavy (non-hydrogen) atoms. The second kappa shape index (κ2) is 3.74. The van der Waals surface area contributed by atoms with Crippen molar-refractivity contribution in [2.24, 2.45) is 0 Å². The van der Waals surface area contributed by atoms with Gasteiger partial charge in [0.15, 0.2) is 0 Å². The van der Waals surface area contributed by atoms with Crippen LogP contribution < -0.4 is 0 Å². The molecule has 0 N–H and O–H groups in total. The first-order valence-corrected chi connectivity index (χ1v) is 6.75. The second-order valence-electron chi connectivity index (χ2n) is 6.48. The molecule has 1 heterocycles. The molecule has 2 rings (SSSR count). The minimum Gasteiger partial charge on any atom is -0.402 e. The zero-order chi connectivity index (χ0) is 12.0. The minimum absolute atomic E-state index is 0.000301. The fourth-order valence-electron chi connectivity index (χ4n) is 3.40. The largest absolute Gasteiger partial charge is 0.463 e. The van der Waals surface area contributed by atoms with E-state index in [1.165, 1.54) is 19.3 Å². The smallest absolute Gasteiger partial charge is 0.402 e. The molecule has 2 fully saturated rings. The first kappa shape index (κ1) is 12.4. The third kappa shape index (κ3) is 1.55. The van der Waals surface area contributed by atoms with E-state index >= 15 is 0 Å². The summed E-state index contributed by atoms with van der Waals surface area (Å²) in [4.78, 5) is 0. The van der Waals surface area contributed by atoms with Crippen LogP contribution in [-0.4, -0.2) is 18.3 Å². The van der Waals surface area contributed by atoms with Crippen LogP contribution in [0.1, 0.15) is 66.7 Å². The molecule has 0 bridgehead atoms. The summed E-state index contributed by atoms with van der Waals surface area (Å²) in [5, 5.41) is 0.0781. The van der Waals surface area contributed by atoms with Gasteiger partial charge in [-0.3, -0.25) is 0 Å². The third-order valence-electron chi connectivity index (χ3n) is 4.51. The van der Waals surface area contributed by atoms with Gasteiger partial charge in [-0.2, -0.15) is 0 Å². The third-order valence-corrected chi connectivity index (χ3v) is 4.51. The maximum absolute atomic E-state index is 6.36.